The van der Waals surface area contributed by atoms with Gasteiger partial charge in [-0.3, -0.25) is 0 Å². The summed E-state index contributed by atoms with van der Waals surface area (Å²) >= 11 is 0. The summed E-state index contributed by atoms with van der Waals surface area (Å²) in [7, 11) is 0. The summed E-state index contributed by atoms with van der Waals surface area (Å²) in [4.78, 5) is 19.3. The molecule has 0 unspecified atom stereocenters. The smallest absolute Gasteiger partial charge is 0.335 e. The number of benzene rings is 2. The molecule has 3 aromatic rings. The SMILES string of the molecule is O=C(O)c1ccc(O)c(Nc2cc(-c3ccccc3)ncn2)c1. The van der Waals surface area contributed by atoms with Crippen LogP contribution in [0.3, 0.4) is 0 Å². The van der Waals surface area contributed by atoms with E-state index in [0.29, 0.717) is 5.82 Å². The van der Waals surface area contributed by atoms with Crippen molar-refractivity contribution in [2.24, 2.45) is 0 Å². The summed E-state index contributed by atoms with van der Waals surface area (Å²) in [6.45, 7) is 0. The Morgan fingerprint density at radius 3 is 2.52 bits per heavy atom. The number of rotatable bonds is 4. The lowest BCUT2D eigenvalue weighted by atomic mass is 10.1. The Bertz CT molecular complexity index is 851. The molecule has 0 aliphatic heterocycles. The summed E-state index contributed by atoms with van der Waals surface area (Å²) in [5, 5.41) is 21.8. The zero-order valence-corrected chi connectivity index (χ0v) is 12.0. The zero-order valence-electron chi connectivity index (χ0n) is 12.0. The van der Waals surface area contributed by atoms with Crippen molar-refractivity contribution in [3.05, 3.63) is 66.5 Å². The first-order valence-electron chi connectivity index (χ1n) is 6.84. The lowest BCUT2D eigenvalue weighted by molar-refractivity contribution is 0.0697. The topological polar surface area (TPSA) is 95.3 Å². The van der Waals surface area contributed by atoms with Gasteiger partial charge in [-0.25, -0.2) is 14.8 Å². The Morgan fingerprint density at radius 1 is 1.00 bits per heavy atom. The maximum Gasteiger partial charge on any atom is 0.335 e. The first kappa shape index (κ1) is 14.5. The number of phenols is 1. The number of carboxylic acids is 1. The van der Waals surface area contributed by atoms with E-state index in [0.717, 1.165) is 11.3 Å². The number of carboxylic acid groups (broad SMARTS) is 1. The van der Waals surface area contributed by atoms with E-state index in [4.69, 9.17) is 5.11 Å². The van der Waals surface area contributed by atoms with Crippen LogP contribution in [-0.4, -0.2) is 26.2 Å². The number of nitrogens with zero attached hydrogens (tertiary/aromatic N) is 2. The highest BCUT2D eigenvalue weighted by molar-refractivity contribution is 5.90. The van der Waals surface area contributed by atoms with Crippen LogP contribution in [0.2, 0.25) is 0 Å². The second-order valence-electron chi connectivity index (χ2n) is 4.82. The van der Waals surface area contributed by atoms with E-state index in [1.807, 2.05) is 30.3 Å². The molecule has 0 atom stereocenters. The molecule has 2 aromatic carbocycles. The number of carbonyl (C=O) groups is 1. The second-order valence-corrected chi connectivity index (χ2v) is 4.82. The van der Waals surface area contributed by atoms with Gasteiger partial charge in [0.05, 0.1) is 16.9 Å². The first-order chi connectivity index (χ1) is 11.1. The fourth-order valence-corrected chi connectivity index (χ4v) is 2.10. The molecule has 0 spiro atoms. The Labute approximate surface area is 132 Å². The van der Waals surface area contributed by atoms with Crippen molar-refractivity contribution in [1.29, 1.82) is 0 Å². The van der Waals surface area contributed by atoms with Gasteiger partial charge in [0.25, 0.3) is 0 Å². The Kier molecular flexibility index (Phi) is 3.88. The van der Waals surface area contributed by atoms with Crippen molar-refractivity contribution < 1.29 is 15.0 Å². The second kappa shape index (κ2) is 6.15. The van der Waals surface area contributed by atoms with Gasteiger partial charge in [-0.05, 0) is 18.2 Å². The highest BCUT2D eigenvalue weighted by Crippen LogP contribution is 2.28. The standard InChI is InChI=1S/C17H13N3O3/c21-15-7-6-12(17(22)23)8-14(15)20-16-9-13(18-10-19-16)11-4-2-1-3-5-11/h1-10,21H,(H,22,23)(H,18,19,20). The van der Waals surface area contributed by atoms with Crippen molar-refractivity contribution in [3.8, 4) is 17.0 Å². The van der Waals surface area contributed by atoms with Crippen LogP contribution in [0, 0.1) is 0 Å². The zero-order chi connectivity index (χ0) is 16.2. The fraction of sp³-hybridized carbons (Fsp3) is 0. The van der Waals surface area contributed by atoms with Crippen LogP contribution < -0.4 is 5.32 Å². The quantitative estimate of drug-likeness (QED) is 0.640. The molecule has 0 fully saturated rings. The highest BCUT2D eigenvalue weighted by atomic mass is 16.4. The van der Waals surface area contributed by atoms with Crippen molar-refractivity contribution in [3.63, 3.8) is 0 Å². The van der Waals surface area contributed by atoms with Crippen LogP contribution in [0.1, 0.15) is 10.4 Å². The van der Waals surface area contributed by atoms with Crippen LogP contribution in [0.15, 0.2) is 60.9 Å². The van der Waals surface area contributed by atoms with Crippen molar-refractivity contribution in [1.82, 2.24) is 9.97 Å². The van der Waals surface area contributed by atoms with E-state index >= 15 is 0 Å². The molecule has 0 saturated heterocycles. The lowest BCUT2D eigenvalue weighted by Gasteiger charge is -2.09. The molecular formula is C17H13N3O3. The molecule has 6 heteroatoms. The maximum atomic E-state index is 11.0. The van der Waals surface area contributed by atoms with Gasteiger partial charge >= 0.3 is 5.97 Å². The van der Waals surface area contributed by atoms with Gasteiger partial charge in [-0.15, -0.1) is 0 Å². The molecule has 23 heavy (non-hydrogen) atoms. The Hall–Kier alpha value is -3.41. The van der Waals surface area contributed by atoms with Gasteiger partial charge in [0.1, 0.15) is 17.9 Å². The number of aromatic hydroxyl groups is 1. The van der Waals surface area contributed by atoms with Crippen LogP contribution in [-0.2, 0) is 0 Å². The molecule has 1 aromatic heterocycles. The van der Waals surface area contributed by atoms with E-state index in [2.05, 4.69) is 15.3 Å². The van der Waals surface area contributed by atoms with E-state index in [1.165, 1.54) is 24.5 Å². The summed E-state index contributed by atoms with van der Waals surface area (Å²) in [6.07, 6.45) is 1.41. The van der Waals surface area contributed by atoms with Gasteiger partial charge < -0.3 is 15.5 Å². The van der Waals surface area contributed by atoms with Crippen molar-refractivity contribution in [2.75, 3.05) is 5.32 Å². The molecule has 3 N–H and O–H groups in total. The molecule has 0 radical (unpaired) electrons. The molecule has 0 amide bonds. The Balaban J connectivity index is 1.92. The van der Waals surface area contributed by atoms with Crippen LogP contribution >= 0.6 is 0 Å². The van der Waals surface area contributed by atoms with E-state index < -0.39 is 5.97 Å². The largest absolute Gasteiger partial charge is 0.506 e. The number of anilines is 2. The van der Waals surface area contributed by atoms with Crippen molar-refractivity contribution >= 4 is 17.5 Å². The van der Waals surface area contributed by atoms with Crippen LogP contribution in [0.4, 0.5) is 11.5 Å². The van der Waals surface area contributed by atoms with Crippen LogP contribution in [0.5, 0.6) is 5.75 Å². The molecular weight excluding hydrogens is 294 g/mol. The summed E-state index contributed by atoms with van der Waals surface area (Å²) in [6, 6.07) is 15.3. The predicted molar refractivity (Wildman–Crippen MR) is 85.8 cm³/mol. The highest BCUT2D eigenvalue weighted by Gasteiger charge is 2.09. The summed E-state index contributed by atoms with van der Waals surface area (Å²) in [5.74, 6) is -0.674. The third-order valence-electron chi connectivity index (χ3n) is 3.24. The van der Waals surface area contributed by atoms with Crippen molar-refractivity contribution in [2.45, 2.75) is 0 Å². The average molecular weight is 307 g/mol. The third-order valence-corrected chi connectivity index (χ3v) is 3.24. The minimum absolute atomic E-state index is 0.0603. The molecule has 0 aliphatic rings. The number of nitrogens with one attached hydrogen (secondary N) is 1. The monoisotopic (exact) mass is 307 g/mol. The van der Waals surface area contributed by atoms with Gasteiger partial charge in [-0.1, -0.05) is 30.3 Å². The molecule has 3 rings (SSSR count). The molecule has 1 heterocycles. The van der Waals surface area contributed by atoms with E-state index in [1.54, 1.807) is 6.07 Å². The average Bonchev–Trinajstić information content (AvgIpc) is 2.58. The predicted octanol–water partition coefficient (Wildman–Crippen LogP) is 3.29. The van der Waals surface area contributed by atoms with E-state index in [-0.39, 0.29) is 17.0 Å². The fourth-order valence-electron chi connectivity index (χ4n) is 2.10. The van der Waals surface area contributed by atoms with Gasteiger partial charge in [0, 0.05) is 11.6 Å². The molecule has 0 aliphatic carbocycles. The molecule has 0 saturated carbocycles. The molecule has 6 nitrogen and oxygen atoms in total. The third kappa shape index (κ3) is 3.26. The first-order valence-corrected chi connectivity index (χ1v) is 6.84. The molecule has 114 valence electrons. The van der Waals surface area contributed by atoms with Gasteiger partial charge in [0.15, 0.2) is 0 Å². The summed E-state index contributed by atoms with van der Waals surface area (Å²) in [5.41, 5.74) is 1.99. The number of aromatic carboxylic acids is 1. The number of phenolic OH excluding ortho intramolecular Hbond substituents is 1. The number of hydrogen-bond acceptors (Lipinski definition) is 5. The van der Waals surface area contributed by atoms with E-state index in [9.17, 15) is 9.90 Å². The number of aromatic nitrogens is 2. The van der Waals surface area contributed by atoms with Gasteiger partial charge in [0.2, 0.25) is 0 Å². The lowest BCUT2D eigenvalue weighted by Crippen LogP contribution is -2.00. The summed E-state index contributed by atoms with van der Waals surface area (Å²) < 4.78 is 0. The minimum Gasteiger partial charge on any atom is -0.506 e. The normalized spacial score (nSPS) is 10.3. The molecule has 0 bridgehead atoms. The van der Waals surface area contributed by atoms with Gasteiger partial charge in [-0.2, -0.15) is 0 Å². The number of hydrogen-bond donors (Lipinski definition) is 3. The van der Waals surface area contributed by atoms with Crippen LogP contribution in [0.25, 0.3) is 11.3 Å². The maximum absolute atomic E-state index is 11.0. The Morgan fingerprint density at radius 2 is 1.78 bits per heavy atom. The minimum atomic E-state index is -1.07.